The highest BCUT2D eigenvalue weighted by Crippen LogP contribution is 2.35. The van der Waals surface area contributed by atoms with Crippen LogP contribution in [0.2, 0.25) is 0 Å². The predicted octanol–water partition coefficient (Wildman–Crippen LogP) is 7.96. The van der Waals surface area contributed by atoms with E-state index in [0.29, 0.717) is 0 Å². The maximum atomic E-state index is 5.90. The lowest BCUT2D eigenvalue weighted by Crippen LogP contribution is -2.13. The molecule has 0 radical (unpaired) electrons. The minimum atomic E-state index is 0.797. The third-order valence-electron chi connectivity index (χ3n) is 5.91. The molecule has 0 bridgehead atoms. The maximum Gasteiger partial charge on any atom is 0.119 e. The molecule has 0 aromatic heterocycles. The van der Waals surface area contributed by atoms with Crippen LogP contribution in [0.3, 0.4) is 0 Å². The molecule has 0 saturated carbocycles. The van der Waals surface area contributed by atoms with Crippen LogP contribution in [0.25, 0.3) is 0 Å². The second kappa shape index (κ2) is 13.0. The first-order valence-corrected chi connectivity index (χ1v) is 11.2. The van der Waals surface area contributed by atoms with Crippen LogP contribution in [0, 0.1) is 11.8 Å². The van der Waals surface area contributed by atoms with Gasteiger partial charge < -0.3 is 4.74 Å². The van der Waals surface area contributed by atoms with Gasteiger partial charge in [-0.3, -0.25) is 0 Å². The Hall–Kier alpha value is -1.24. The van der Waals surface area contributed by atoms with E-state index in [4.69, 9.17) is 4.74 Å². The highest BCUT2D eigenvalue weighted by Gasteiger charge is 2.20. The van der Waals surface area contributed by atoms with Gasteiger partial charge in [0.2, 0.25) is 0 Å². The number of para-hydroxylation sites is 1. The van der Waals surface area contributed by atoms with E-state index >= 15 is 0 Å². The van der Waals surface area contributed by atoms with Gasteiger partial charge in [-0.25, -0.2) is 0 Å². The number of benzene rings is 1. The summed E-state index contributed by atoms with van der Waals surface area (Å²) in [7, 11) is 0. The molecule has 1 nitrogen and oxygen atoms in total. The number of ether oxygens (including phenoxy) is 1. The van der Waals surface area contributed by atoms with Crippen LogP contribution < -0.4 is 4.74 Å². The average molecular weight is 357 g/mol. The Morgan fingerprint density at radius 1 is 0.962 bits per heavy atom. The van der Waals surface area contributed by atoms with Gasteiger partial charge >= 0.3 is 0 Å². The lowest BCUT2D eigenvalue weighted by Gasteiger charge is -2.27. The Bertz CT molecular complexity index is 490. The summed E-state index contributed by atoms with van der Waals surface area (Å²) in [6.07, 6.45) is 18.9. The van der Waals surface area contributed by atoms with Gasteiger partial charge in [0.25, 0.3) is 0 Å². The summed E-state index contributed by atoms with van der Waals surface area (Å²) in [6, 6.07) is 10.2. The molecule has 0 fully saturated rings. The van der Waals surface area contributed by atoms with E-state index in [0.717, 1.165) is 24.2 Å². The van der Waals surface area contributed by atoms with Crippen molar-refractivity contribution in [2.75, 3.05) is 6.61 Å². The first-order chi connectivity index (χ1) is 12.8. The fourth-order valence-corrected chi connectivity index (χ4v) is 4.23. The maximum absolute atomic E-state index is 5.90. The Morgan fingerprint density at radius 2 is 1.73 bits per heavy atom. The smallest absolute Gasteiger partial charge is 0.119 e. The third kappa shape index (κ3) is 7.98. The van der Waals surface area contributed by atoms with Gasteiger partial charge in [-0.1, -0.05) is 82.2 Å². The zero-order chi connectivity index (χ0) is 18.5. The molecule has 1 heteroatoms. The van der Waals surface area contributed by atoms with Crippen molar-refractivity contribution in [3.63, 3.8) is 0 Å². The third-order valence-corrected chi connectivity index (χ3v) is 5.91. The van der Waals surface area contributed by atoms with E-state index in [9.17, 15) is 0 Å². The molecule has 2 atom stereocenters. The van der Waals surface area contributed by atoms with Crippen molar-refractivity contribution >= 4 is 0 Å². The number of hydrogen-bond acceptors (Lipinski definition) is 1. The molecule has 0 amide bonds. The van der Waals surface area contributed by atoms with E-state index in [1.165, 1.54) is 77.0 Å². The van der Waals surface area contributed by atoms with Crippen LogP contribution >= 0.6 is 0 Å². The minimum absolute atomic E-state index is 0.797. The van der Waals surface area contributed by atoms with Crippen LogP contribution in [-0.2, 0) is 0 Å². The van der Waals surface area contributed by atoms with E-state index in [-0.39, 0.29) is 0 Å². The second-order valence-electron chi connectivity index (χ2n) is 8.06. The van der Waals surface area contributed by atoms with Crippen molar-refractivity contribution < 1.29 is 4.74 Å². The Labute approximate surface area is 162 Å². The van der Waals surface area contributed by atoms with Crippen molar-refractivity contribution in [1.29, 1.82) is 0 Å². The molecule has 1 aliphatic rings. The summed E-state index contributed by atoms with van der Waals surface area (Å²) in [6.45, 7) is 5.47. The quantitative estimate of drug-likeness (QED) is 0.257. The number of allylic oxidation sites excluding steroid dienone is 2. The van der Waals surface area contributed by atoms with E-state index < -0.39 is 0 Å². The van der Waals surface area contributed by atoms with E-state index in [1.807, 2.05) is 18.2 Å². The summed E-state index contributed by atoms with van der Waals surface area (Å²) >= 11 is 0. The van der Waals surface area contributed by atoms with Crippen molar-refractivity contribution in [3.8, 4) is 5.75 Å². The van der Waals surface area contributed by atoms with Gasteiger partial charge in [0, 0.05) is 0 Å². The normalized spacial score (nSPS) is 18.4. The molecule has 1 aromatic rings. The summed E-state index contributed by atoms with van der Waals surface area (Å²) < 4.78 is 5.90. The first-order valence-electron chi connectivity index (χ1n) is 11.2. The molecule has 0 heterocycles. The highest BCUT2D eigenvalue weighted by molar-refractivity contribution is 5.20. The number of hydrogen-bond donors (Lipinski definition) is 0. The van der Waals surface area contributed by atoms with E-state index in [1.54, 1.807) is 5.57 Å². The minimum Gasteiger partial charge on any atom is -0.494 e. The van der Waals surface area contributed by atoms with Gasteiger partial charge in [-0.2, -0.15) is 0 Å². The summed E-state index contributed by atoms with van der Waals surface area (Å²) in [5, 5.41) is 0. The molecule has 0 N–H and O–H groups in total. The van der Waals surface area contributed by atoms with Crippen molar-refractivity contribution in [2.45, 2.75) is 90.9 Å². The largest absolute Gasteiger partial charge is 0.494 e. The van der Waals surface area contributed by atoms with Gasteiger partial charge in [0.05, 0.1) is 6.61 Å². The lowest BCUT2D eigenvalue weighted by molar-refractivity contribution is 0.291. The highest BCUT2D eigenvalue weighted by atomic mass is 16.5. The zero-order valence-electron chi connectivity index (χ0n) is 17.2. The molecular formula is C25H40O. The van der Waals surface area contributed by atoms with Crippen LogP contribution in [0.1, 0.15) is 90.9 Å². The Kier molecular flexibility index (Phi) is 10.5. The van der Waals surface area contributed by atoms with Gasteiger partial charge in [-0.15, -0.1) is 0 Å². The fraction of sp³-hybridized carbons (Fsp3) is 0.680. The Balaban J connectivity index is 1.75. The van der Waals surface area contributed by atoms with Crippen molar-refractivity contribution in [1.82, 2.24) is 0 Å². The van der Waals surface area contributed by atoms with Gasteiger partial charge in [0.15, 0.2) is 0 Å². The standard InChI is InChI=1S/C25H40O/c1-3-5-8-12-22-17-19-24(20-18-22)23(13-6-4-2)14-11-21-26-25-15-9-7-10-16-25/h7,9-10,15-16,19,22-23H,3-6,8,11-14,17-18,20-21H2,1-2H3. The lowest BCUT2D eigenvalue weighted by atomic mass is 9.79. The Morgan fingerprint density at radius 3 is 2.42 bits per heavy atom. The summed E-state index contributed by atoms with van der Waals surface area (Å²) in [5.74, 6) is 2.76. The monoisotopic (exact) mass is 356 g/mol. The molecule has 2 unspecified atom stereocenters. The molecule has 1 aromatic carbocycles. The molecule has 0 aliphatic heterocycles. The number of unbranched alkanes of at least 4 members (excludes halogenated alkanes) is 3. The summed E-state index contributed by atoms with van der Waals surface area (Å²) in [4.78, 5) is 0. The molecule has 0 saturated heterocycles. The second-order valence-corrected chi connectivity index (χ2v) is 8.06. The average Bonchev–Trinajstić information content (AvgIpc) is 2.69. The zero-order valence-corrected chi connectivity index (χ0v) is 17.2. The topological polar surface area (TPSA) is 9.23 Å². The van der Waals surface area contributed by atoms with E-state index in [2.05, 4.69) is 32.1 Å². The van der Waals surface area contributed by atoms with Crippen LogP contribution in [0.5, 0.6) is 5.75 Å². The van der Waals surface area contributed by atoms with Crippen LogP contribution in [0.4, 0.5) is 0 Å². The SMILES string of the molecule is CCCCCC1CC=C(C(CCCC)CCCOc2ccccc2)CC1. The molecule has 26 heavy (non-hydrogen) atoms. The molecule has 1 aliphatic carbocycles. The predicted molar refractivity (Wildman–Crippen MR) is 114 cm³/mol. The molecular weight excluding hydrogens is 316 g/mol. The van der Waals surface area contributed by atoms with Crippen LogP contribution in [0.15, 0.2) is 42.0 Å². The molecule has 2 rings (SSSR count). The van der Waals surface area contributed by atoms with Crippen LogP contribution in [-0.4, -0.2) is 6.61 Å². The summed E-state index contributed by atoms with van der Waals surface area (Å²) in [5.41, 5.74) is 1.77. The van der Waals surface area contributed by atoms with Gasteiger partial charge in [0.1, 0.15) is 5.75 Å². The van der Waals surface area contributed by atoms with Crippen molar-refractivity contribution in [2.24, 2.45) is 11.8 Å². The number of rotatable bonds is 13. The molecule has 146 valence electrons. The first kappa shape index (κ1) is 21.1. The van der Waals surface area contributed by atoms with Crippen molar-refractivity contribution in [3.05, 3.63) is 42.0 Å². The molecule has 0 spiro atoms. The van der Waals surface area contributed by atoms with Gasteiger partial charge in [-0.05, 0) is 62.5 Å². The fourth-order valence-electron chi connectivity index (χ4n) is 4.23.